The lowest BCUT2D eigenvalue weighted by Gasteiger charge is -2.10. The molecular weight excluding hydrogens is 473 g/mol. The van der Waals surface area contributed by atoms with E-state index in [4.69, 9.17) is 32.7 Å². The Labute approximate surface area is 199 Å². The Morgan fingerprint density at radius 1 is 1.12 bits per heavy atom. The van der Waals surface area contributed by atoms with Gasteiger partial charge in [0.2, 0.25) is 0 Å². The Kier molecular flexibility index (Phi) is 8.38. The molecule has 0 aliphatic rings. The zero-order valence-corrected chi connectivity index (χ0v) is 20.0. The van der Waals surface area contributed by atoms with Crippen LogP contribution in [-0.4, -0.2) is 46.9 Å². The normalized spacial score (nSPS) is 11.0. The lowest BCUT2D eigenvalue weighted by atomic mass is 10.2. The van der Waals surface area contributed by atoms with Gasteiger partial charge in [-0.3, -0.25) is 4.79 Å². The number of hydrogen-bond donors (Lipinski definition) is 1. The standard InChI is InChI=1S/C21H21Cl2N5O3S/c1-4-28-20(14-6-8-17(30-2)18(10-14)31-3)26-27-21(28)32-12-19(29)25-24-11-13-5-7-15(22)16(23)9-13/h5-11H,4,12H2,1-3H3,(H,25,29)/b24-11+. The highest BCUT2D eigenvalue weighted by Gasteiger charge is 2.16. The number of rotatable bonds is 9. The number of carbonyl (C=O) groups is 1. The second kappa shape index (κ2) is 11.2. The van der Waals surface area contributed by atoms with Crippen LogP contribution >= 0.6 is 35.0 Å². The van der Waals surface area contributed by atoms with E-state index in [9.17, 15) is 4.79 Å². The number of carbonyl (C=O) groups excluding carboxylic acids is 1. The van der Waals surface area contributed by atoms with Gasteiger partial charge in [0, 0.05) is 12.1 Å². The monoisotopic (exact) mass is 493 g/mol. The molecule has 0 fully saturated rings. The fraction of sp³-hybridized carbons (Fsp3) is 0.238. The maximum absolute atomic E-state index is 12.2. The van der Waals surface area contributed by atoms with Gasteiger partial charge in [0.25, 0.3) is 5.91 Å². The zero-order chi connectivity index (χ0) is 23.1. The SMILES string of the molecule is CCn1c(SCC(=O)N/N=C/c2ccc(Cl)c(Cl)c2)nnc1-c1ccc(OC)c(OC)c1. The number of amides is 1. The van der Waals surface area contributed by atoms with Gasteiger partial charge >= 0.3 is 0 Å². The van der Waals surface area contributed by atoms with E-state index in [0.717, 1.165) is 11.1 Å². The predicted molar refractivity (Wildman–Crippen MR) is 127 cm³/mol. The molecule has 0 aliphatic carbocycles. The smallest absolute Gasteiger partial charge is 0.250 e. The first-order chi connectivity index (χ1) is 15.5. The van der Waals surface area contributed by atoms with Crippen molar-refractivity contribution in [2.75, 3.05) is 20.0 Å². The van der Waals surface area contributed by atoms with E-state index < -0.39 is 0 Å². The van der Waals surface area contributed by atoms with E-state index in [1.807, 2.05) is 29.7 Å². The zero-order valence-electron chi connectivity index (χ0n) is 17.6. The number of nitrogens with one attached hydrogen (secondary N) is 1. The summed E-state index contributed by atoms with van der Waals surface area (Å²) in [5.74, 6) is 1.76. The molecule has 0 bridgehead atoms. The highest BCUT2D eigenvalue weighted by Crippen LogP contribution is 2.32. The maximum atomic E-state index is 12.2. The summed E-state index contributed by atoms with van der Waals surface area (Å²) in [4.78, 5) is 12.2. The highest BCUT2D eigenvalue weighted by molar-refractivity contribution is 7.99. The highest BCUT2D eigenvalue weighted by atomic mass is 35.5. The fourth-order valence-electron chi connectivity index (χ4n) is 2.80. The number of ether oxygens (including phenoxy) is 2. The second-order valence-electron chi connectivity index (χ2n) is 6.38. The maximum Gasteiger partial charge on any atom is 0.250 e. The summed E-state index contributed by atoms with van der Waals surface area (Å²) in [6.07, 6.45) is 1.49. The van der Waals surface area contributed by atoms with Crippen LogP contribution in [0, 0.1) is 0 Å². The van der Waals surface area contributed by atoms with Crippen LogP contribution in [0.25, 0.3) is 11.4 Å². The average molecular weight is 494 g/mol. The van der Waals surface area contributed by atoms with Crippen LogP contribution in [0.2, 0.25) is 10.0 Å². The van der Waals surface area contributed by atoms with Crippen LogP contribution in [0.4, 0.5) is 0 Å². The molecule has 1 N–H and O–H groups in total. The molecule has 0 saturated heterocycles. The van der Waals surface area contributed by atoms with Gasteiger partial charge in [-0.25, -0.2) is 5.43 Å². The first-order valence-corrected chi connectivity index (χ1v) is 11.3. The molecule has 0 atom stereocenters. The third kappa shape index (κ3) is 5.73. The largest absolute Gasteiger partial charge is 0.493 e. The van der Waals surface area contributed by atoms with Crippen LogP contribution in [0.3, 0.4) is 0 Å². The number of aromatic nitrogens is 3. The summed E-state index contributed by atoms with van der Waals surface area (Å²) >= 11 is 13.1. The number of hydrazone groups is 1. The molecule has 0 saturated carbocycles. The van der Waals surface area contributed by atoms with Gasteiger partial charge in [0.1, 0.15) is 0 Å². The lowest BCUT2D eigenvalue weighted by molar-refractivity contribution is -0.118. The number of hydrogen-bond acceptors (Lipinski definition) is 7. The molecule has 0 unspecified atom stereocenters. The molecular formula is C21H21Cl2N5O3S. The van der Waals surface area contributed by atoms with Crippen molar-refractivity contribution in [3.05, 3.63) is 52.0 Å². The Balaban J connectivity index is 1.64. The van der Waals surface area contributed by atoms with Gasteiger partial charge in [0.15, 0.2) is 22.5 Å². The van der Waals surface area contributed by atoms with Gasteiger partial charge in [-0.2, -0.15) is 5.10 Å². The predicted octanol–water partition coefficient (Wildman–Crippen LogP) is 4.53. The van der Waals surface area contributed by atoms with Crippen LogP contribution in [-0.2, 0) is 11.3 Å². The molecule has 168 valence electrons. The van der Waals surface area contributed by atoms with Crippen molar-refractivity contribution in [3.8, 4) is 22.9 Å². The van der Waals surface area contributed by atoms with E-state index in [0.29, 0.717) is 39.1 Å². The first kappa shape index (κ1) is 23.9. The number of methoxy groups -OCH3 is 2. The molecule has 11 heteroatoms. The molecule has 0 spiro atoms. The van der Waals surface area contributed by atoms with E-state index in [2.05, 4.69) is 20.7 Å². The van der Waals surface area contributed by atoms with Crippen LogP contribution in [0.1, 0.15) is 12.5 Å². The number of benzene rings is 2. The lowest BCUT2D eigenvalue weighted by Crippen LogP contribution is -2.20. The van der Waals surface area contributed by atoms with Crippen molar-refractivity contribution in [3.63, 3.8) is 0 Å². The van der Waals surface area contributed by atoms with Crippen molar-refractivity contribution in [2.45, 2.75) is 18.6 Å². The van der Waals surface area contributed by atoms with Crippen molar-refractivity contribution in [1.29, 1.82) is 0 Å². The van der Waals surface area contributed by atoms with Crippen molar-refractivity contribution < 1.29 is 14.3 Å². The van der Waals surface area contributed by atoms with Crippen molar-refractivity contribution >= 4 is 47.1 Å². The molecule has 1 aromatic heterocycles. The van der Waals surface area contributed by atoms with Crippen LogP contribution < -0.4 is 14.9 Å². The fourth-order valence-corrected chi connectivity index (χ4v) is 3.90. The minimum absolute atomic E-state index is 0.128. The molecule has 2 aromatic carbocycles. The van der Waals surface area contributed by atoms with Crippen LogP contribution in [0.15, 0.2) is 46.7 Å². The van der Waals surface area contributed by atoms with Gasteiger partial charge in [0.05, 0.1) is 36.2 Å². The van der Waals surface area contributed by atoms with Gasteiger partial charge in [-0.15, -0.1) is 10.2 Å². The summed E-state index contributed by atoms with van der Waals surface area (Å²) in [7, 11) is 3.16. The van der Waals surface area contributed by atoms with Crippen LogP contribution in [0.5, 0.6) is 11.5 Å². The molecule has 3 aromatic rings. The molecule has 0 aliphatic heterocycles. The number of thioether (sulfide) groups is 1. The Bertz CT molecular complexity index is 1140. The third-order valence-corrected chi connectivity index (χ3v) is 6.06. The Morgan fingerprint density at radius 2 is 1.91 bits per heavy atom. The van der Waals surface area contributed by atoms with E-state index in [1.54, 1.807) is 32.4 Å². The molecule has 0 radical (unpaired) electrons. The number of nitrogens with zero attached hydrogens (tertiary/aromatic N) is 4. The van der Waals surface area contributed by atoms with Gasteiger partial charge in [-0.1, -0.05) is 41.0 Å². The molecule has 3 rings (SSSR count). The summed E-state index contributed by atoms with van der Waals surface area (Å²) < 4.78 is 12.6. The van der Waals surface area contributed by atoms with Gasteiger partial charge < -0.3 is 14.0 Å². The molecule has 32 heavy (non-hydrogen) atoms. The average Bonchev–Trinajstić information content (AvgIpc) is 3.22. The topological polar surface area (TPSA) is 90.6 Å². The van der Waals surface area contributed by atoms with E-state index in [-0.39, 0.29) is 11.7 Å². The second-order valence-corrected chi connectivity index (χ2v) is 8.13. The van der Waals surface area contributed by atoms with Gasteiger partial charge in [-0.05, 0) is 42.8 Å². The number of halogens is 2. The first-order valence-electron chi connectivity index (χ1n) is 9.52. The third-order valence-electron chi connectivity index (χ3n) is 4.35. The summed E-state index contributed by atoms with van der Waals surface area (Å²) in [6.45, 7) is 2.62. The molecule has 8 nitrogen and oxygen atoms in total. The van der Waals surface area contributed by atoms with Crippen molar-refractivity contribution in [2.24, 2.45) is 5.10 Å². The quantitative estimate of drug-likeness (QED) is 0.267. The van der Waals surface area contributed by atoms with E-state index in [1.165, 1.54) is 18.0 Å². The molecule has 1 amide bonds. The van der Waals surface area contributed by atoms with E-state index >= 15 is 0 Å². The molecule has 1 heterocycles. The minimum atomic E-state index is -0.273. The summed E-state index contributed by atoms with van der Waals surface area (Å²) in [5.41, 5.74) is 4.04. The minimum Gasteiger partial charge on any atom is -0.493 e. The Morgan fingerprint density at radius 3 is 2.59 bits per heavy atom. The van der Waals surface area contributed by atoms with Crippen molar-refractivity contribution in [1.82, 2.24) is 20.2 Å². The summed E-state index contributed by atoms with van der Waals surface area (Å²) in [5, 5.41) is 14.0. The summed E-state index contributed by atoms with van der Waals surface area (Å²) in [6, 6.07) is 10.6. The Hall–Kier alpha value is -2.75.